The van der Waals surface area contributed by atoms with Gasteiger partial charge in [0.15, 0.2) is 0 Å². The van der Waals surface area contributed by atoms with Crippen LogP contribution in [0.4, 0.5) is 0 Å². The molecule has 2 aliphatic heterocycles. The first-order valence-corrected chi connectivity index (χ1v) is 8.55. The maximum Gasteiger partial charge on any atom is 0.224 e. The molecule has 1 atom stereocenters. The van der Waals surface area contributed by atoms with Gasteiger partial charge in [0.1, 0.15) is 0 Å². The average Bonchev–Trinajstić information content (AvgIpc) is 3.02. The quantitative estimate of drug-likeness (QED) is 0.850. The number of nitrogens with zero attached hydrogens (tertiary/aromatic N) is 1. The number of carbonyl (C=O) groups is 1. The van der Waals surface area contributed by atoms with Crippen molar-refractivity contribution >= 4 is 5.91 Å². The number of nitrogens with one attached hydrogen (secondary N) is 1. The van der Waals surface area contributed by atoms with Crippen LogP contribution in [0.15, 0.2) is 0 Å². The Morgan fingerprint density at radius 1 is 1.14 bits per heavy atom. The number of morpholine rings is 1. The Morgan fingerprint density at radius 3 is 2.52 bits per heavy atom. The van der Waals surface area contributed by atoms with Crippen molar-refractivity contribution in [2.24, 2.45) is 0 Å². The Labute approximate surface area is 127 Å². The van der Waals surface area contributed by atoms with E-state index in [0.717, 1.165) is 39.1 Å². The van der Waals surface area contributed by atoms with Crippen LogP contribution < -0.4 is 5.32 Å². The molecule has 3 fully saturated rings. The molecule has 1 amide bonds. The highest BCUT2D eigenvalue weighted by atomic mass is 16.5. The number of carbonyl (C=O) groups excluding carboxylic acids is 1. The van der Waals surface area contributed by atoms with Crippen molar-refractivity contribution in [3.8, 4) is 0 Å². The summed E-state index contributed by atoms with van der Waals surface area (Å²) >= 11 is 0. The van der Waals surface area contributed by atoms with Crippen LogP contribution in [-0.4, -0.2) is 61.9 Å². The molecule has 0 aromatic carbocycles. The first-order valence-electron chi connectivity index (χ1n) is 8.55. The Kier molecular flexibility index (Phi) is 5.49. The summed E-state index contributed by atoms with van der Waals surface area (Å²) in [5.41, 5.74) is 0. The standard InChI is InChI=1S/C16H28N2O3/c19-16(11-13-12-20-10-7-17-13)18-8-5-15(6-9-18)21-14-3-1-2-4-14/h13-15,17H,1-12H2. The van der Waals surface area contributed by atoms with Crippen LogP contribution in [-0.2, 0) is 14.3 Å². The number of amides is 1. The normalized spacial score (nSPS) is 29.0. The summed E-state index contributed by atoms with van der Waals surface area (Å²) in [4.78, 5) is 14.3. The topological polar surface area (TPSA) is 50.8 Å². The second-order valence-corrected chi connectivity index (χ2v) is 6.55. The lowest BCUT2D eigenvalue weighted by atomic mass is 10.1. The van der Waals surface area contributed by atoms with Crippen LogP contribution in [0.25, 0.3) is 0 Å². The Bertz CT molecular complexity index is 330. The van der Waals surface area contributed by atoms with E-state index < -0.39 is 0 Å². The lowest BCUT2D eigenvalue weighted by Crippen LogP contribution is -2.47. The summed E-state index contributed by atoms with van der Waals surface area (Å²) in [7, 11) is 0. The molecular formula is C16H28N2O3. The van der Waals surface area contributed by atoms with Crippen molar-refractivity contribution in [1.82, 2.24) is 10.2 Å². The average molecular weight is 296 g/mol. The third-order valence-electron chi connectivity index (χ3n) is 4.90. The maximum absolute atomic E-state index is 12.3. The zero-order chi connectivity index (χ0) is 14.5. The summed E-state index contributed by atoms with van der Waals surface area (Å²) in [5, 5.41) is 3.35. The minimum atomic E-state index is 0.193. The molecule has 0 bridgehead atoms. The van der Waals surface area contributed by atoms with Gasteiger partial charge in [-0.25, -0.2) is 0 Å². The zero-order valence-corrected chi connectivity index (χ0v) is 12.9. The van der Waals surface area contributed by atoms with E-state index in [1.807, 2.05) is 4.90 Å². The Morgan fingerprint density at radius 2 is 1.86 bits per heavy atom. The van der Waals surface area contributed by atoms with Crippen LogP contribution >= 0.6 is 0 Å². The van der Waals surface area contributed by atoms with Gasteiger partial charge in [-0.1, -0.05) is 12.8 Å². The fourth-order valence-corrected chi connectivity index (χ4v) is 3.63. The van der Waals surface area contributed by atoms with E-state index in [4.69, 9.17) is 9.47 Å². The molecule has 1 unspecified atom stereocenters. The zero-order valence-electron chi connectivity index (χ0n) is 12.9. The van der Waals surface area contributed by atoms with Gasteiger partial charge in [0.25, 0.3) is 0 Å². The van der Waals surface area contributed by atoms with Gasteiger partial charge in [0, 0.05) is 32.1 Å². The Hall–Kier alpha value is -0.650. The van der Waals surface area contributed by atoms with E-state index >= 15 is 0 Å². The van der Waals surface area contributed by atoms with Crippen molar-refractivity contribution in [3.63, 3.8) is 0 Å². The molecule has 1 aliphatic carbocycles. The highest BCUT2D eigenvalue weighted by molar-refractivity contribution is 5.77. The predicted octanol–water partition coefficient (Wildman–Crippen LogP) is 1.32. The third kappa shape index (κ3) is 4.41. The van der Waals surface area contributed by atoms with Crippen molar-refractivity contribution in [1.29, 1.82) is 0 Å². The molecule has 5 nitrogen and oxygen atoms in total. The van der Waals surface area contributed by atoms with Gasteiger partial charge in [-0.2, -0.15) is 0 Å². The fourth-order valence-electron chi connectivity index (χ4n) is 3.63. The summed E-state index contributed by atoms with van der Waals surface area (Å²) in [6.45, 7) is 3.98. The number of piperidine rings is 1. The minimum Gasteiger partial charge on any atom is -0.378 e. The molecule has 3 aliphatic rings. The number of hydrogen-bond acceptors (Lipinski definition) is 4. The van der Waals surface area contributed by atoms with Crippen LogP contribution in [0, 0.1) is 0 Å². The summed E-state index contributed by atoms with van der Waals surface area (Å²) in [6, 6.07) is 0.193. The summed E-state index contributed by atoms with van der Waals surface area (Å²) in [5.74, 6) is 0.261. The SMILES string of the molecule is O=C(CC1COCCN1)N1CCC(OC2CCCC2)CC1. The third-order valence-corrected chi connectivity index (χ3v) is 4.90. The van der Waals surface area contributed by atoms with Gasteiger partial charge in [-0.05, 0) is 25.7 Å². The largest absolute Gasteiger partial charge is 0.378 e. The van der Waals surface area contributed by atoms with E-state index in [2.05, 4.69) is 5.32 Å². The first-order chi connectivity index (χ1) is 10.3. The molecule has 0 radical (unpaired) electrons. The van der Waals surface area contributed by atoms with Crippen molar-refractivity contribution in [2.45, 2.75) is 63.2 Å². The first kappa shape index (κ1) is 15.3. The molecule has 1 saturated carbocycles. The predicted molar refractivity (Wildman–Crippen MR) is 80.2 cm³/mol. The second-order valence-electron chi connectivity index (χ2n) is 6.55. The van der Waals surface area contributed by atoms with Gasteiger partial charge in [0.2, 0.25) is 5.91 Å². The lowest BCUT2D eigenvalue weighted by Gasteiger charge is -2.34. The highest BCUT2D eigenvalue weighted by Gasteiger charge is 2.28. The lowest BCUT2D eigenvalue weighted by molar-refractivity contribution is -0.135. The van der Waals surface area contributed by atoms with Crippen LogP contribution in [0.2, 0.25) is 0 Å². The fraction of sp³-hybridized carbons (Fsp3) is 0.938. The molecule has 0 spiro atoms. The second kappa shape index (κ2) is 7.56. The molecular weight excluding hydrogens is 268 g/mol. The van der Waals surface area contributed by atoms with Crippen molar-refractivity contribution in [2.75, 3.05) is 32.8 Å². The smallest absolute Gasteiger partial charge is 0.224 e. The number of hydrogen-bond donors (Lipinski definition) is 1. The van der Waals surface area contributed by atoms with Gasteiger partial charge in [-0.15, -0.1) is 0 Å². The van der Waals surface area contributed by atoms with E-state index in [9.17, 15) is 4.79 Å². The molecule has 1 N–H and O–H groups in total. The van der Waals surface area contributed by atoms with Crippen LogP contribution in [0.3, 0.4) is 0 Å². The van der Waals surface area contributed by atoms with Crippen LogP contribution in [0.5, 0.6) is 0 Å². The molecule has 21 heavy (non-hydrogen) atoms. The van der Waals surface area contributed by atoms with Crippen LogP contribution in [0.1, 0.15) is 44.9 Å². The van der Waals surface area contributed by atoms with E-state index in [0.29, 0.717) is 25.2 Å². The molecule has 120 valence electrons. The molecule has 5 heteroatoms. The van der Waals surface area contributed by atoms with Gasteiger partial charge in [0.05, 0.1) is 25.4 Å². The van der Waals surface area contributed by atoms with Gasteiger partial charge in [-0.3, -0.25) is 4.79 Å². The van der Waals surface area contributed by atoms with Gasteiger partial charge >= 0.3 is 0 Å². The number of rotatable bonds is 4. The molecule has 2 saturated heterocycles. The summed E-state index contributed by atoms with van der Waals surface area (Å²) in [6.07, 6.45) is 8.51. The summed E-state index contributed by atoms with van der Waals surface area (Å²) < 4.78 is 11.6. The monoisotopic (exact) mass is 296 g/mol. The van der Waals surface area contributed by atoms with Gasteiger partial charge < -0.3 is 19.7 Å². The molecule has 2 heterocycles. The van der Waals surface area contributed by atoms with E-state index in [1.165, 1.54) is 25.7 Å². The van der Waals surface area contributed by atoms with Crippen molar-refractivity contribution < 1.29 is 14.3 Å². The van der Waals surface area contributed by atoms with Crippen molar-refractivity contribution in [3.05, 3.63) is 0 Å². The molecule has 0 aromatic rings. The van der Waals surface area contributed by atoms with E-state index in [-0.39, 0.29) is 11.9 Å². The number of likely N-dealkylation sites (tertiary alicyclic amines) is 1. The number of ether oxygens (including phenoxy) is 2. The Balaban J connectivity index is 1.37. The highest BCUT2D eigenvalue weighted by Crippen LogP contribution is 2.25. The molecule has 3 rings (SSSR count). The maximum atomic E-state index is 12.3. The molecule has 0 aromatic heterocycles. The minimum absolute atomic E-state index is 0.193. The van der Waals surface area contributed by atoms with E-state index in [1.54, 1.807) is 0 Å².